The highest BCUT2D eigenvalue weighted by atomic mass is 16.2. The maximum atomic E-state index is 12.2. The maximum Gasteiger partial charge on any atom is 0.243 e. The molecule has 146 valence electrons. The van der Waals surface area contributed by atoms with Crippen LogP contribution >= 0.6 is 0 Å². The van der Waals surface area contributed by atoms with Crippen molar-refractivity contribution in [2.45, 2.75) is 25.7 Å². The zero-order chi connectivity index (χ0) is 19.3. The number of rotatable bonds is 6. The van der Waals surface area contributed by atoms with Gasteiger partial charge in [-0.1, -0.05) is 0 Å². The average Bonchev–Trinajstić information content (AvgIpc) is 3.39. The molecule has 2 aliphatic rings. The Morgan fingerprint density at radius 3 is 2.11 bits per heavy atom. The van der Waals surface area contributed by atoms with Gasteiger partial charge < -0.3 is 20.4 Å². The highest BCUT2D eigenvalue weighted by Crippen LogP contribution is 2.23. The minimum Gasteiger partial charge on any atom is -0.376 e. The Hall–Kier alpha value is -3.02. The van der Waals surface area contributed by atoms with Gasteiger partial charge in [0.05, 0.1) is 6.54 Å². The first-order valence-electron chi connectivity index (χ1n) is 9.98. The van der Waals surface area contributed by atoms with Crippen molar-refractivity contribution < 1.29 is 9.59 Å². The van der Waals surface area contributed by atoms with Crippen molar-refractivity contribution in [2.24, 2.45) is 0 Å². The Bertz CT molecular complexity index is 827. The summed E-state index contributed by atoms with van der Waals surface area (Å²) in [6.45, 7) is 3.20. The molecule has 0 saturated carbocycles. The molecule has 6 nitrogen and oxygen atoms in total. The van der Waals surface area contributed by atoms with E-state index in [1.54, 1.807) is 0 Å². The minimum absolute atomic E-state index is 0.0901. The fourth-order valence-corrected chi connectivity index (χ4v) is 3.80. The average molecular weight is 378 g/mol. The van der Waals surface area contributed by atoms with Gasteiger partial charge >= 0.3 is 0 Å². The van der Waals surface area contributed by atoms with Gasteiger partial charge in [0.25, 0.3) is 0 Å². The highest BCUT2D eigenvalue weighted by molar-refractivity contribution is 5.96. The second kappa shape index (κ2) is 8.33. The molecule has 6 heteroatoms. The Morgan fingerprint density at radius 1 is 0.821 bits per heavy atom. The zero-order valence-corrected chi connectivity index (χ0v) is 16.0. The molecule has 2 saturated heterocycles. The van der Waals surface area contributed by atoms with Gasteiger partial charge in [-0.2, -0.15) is 0 Å². The standard InChI is InChI=1S/C22H26N4O2/c27-21(24-18-7-9-19(10-8-18)25-13-1-2-14-25)16-23-17-5-11-20(12-6-17)26-15-3-4-22(26)28/h5-12,23H,1-4,13-16H2,(H,24,27). The lowest BCUT2D eigenvalue weighted by Gasteiger charge is -2.18. The van der Waals surface area contributed by atoms with E-state index in [0.29, 0.717) is 6.42 Å². The molecule has 0 atom stereocenters. The summed E-state index contributed by atoms with van der Waals surface area (Å²) in [5.74, 6) is 0.0866. The zero-order valence-electron chi connectivity index (χ0n) is 16.0. The summed E-state index contributed by atoms with van der Waals surface area (Å²) >= 11 is 0. The molecule has 2 aliphatic heterocycles. The number of carbonyl (C=O) groups excluding carboxylic acids is 2. The largest absolute Gasteiger partial charge is 0.376 e. The predicted molar refractivity (Wildman–Crippen MR) is 113 cm³/mol. The summed E-state index contributed by atoms with van der Waals surface area (Å²) in [5.41, 5.74) is 3.79. The third kappa shape index (κ3) is 4.27. The lowest BCUT2D eigenvalue weighted by molar-refractivity contribution is -0.117. The molecule has 4 rings (SSSR count). The van der Waals surface area contributed by atoms with Crippen molar-refractivity contribution in [3.05, 3.63) is 48.5 Å². The third-order valence-electron chi connectivity index (χ3n) is 5.33. The molecule has 0 spiro atoms. The lowest BCUT2D eigenvalue weighted by atomic mass is 10.2. The second-order valence-corrected chi connectivity index (χ2v) is 7.34. The summed E-state index contributed by atoms with van der Waals surface area (Å²) in [6.07, 6.45) is 4.04. The van der Waals surface area contributed by atoms with Crippen LogP contribution in [0.25, 0.3) is 0 Å². The van der Waals surface area contributed by atoms with Crippen LogP contribution in [0.3, 0.4) is 0 Å². The molecule has 2 aromatic carbocycles. The summed E-state index contributed by atoms with van der Waals surface area (Å²) < 4.78 is 0. The molecule has 2 amide bonds. The van der Waals surface area contributed by atoms with Crippen LogP contribution in [0.2, 0.25) is 0 Å². The fourth-order valence-electron chi connectivity index (χ4n) is 3.80. The van der Waals surface area contributed by atoms with Gasteiger partial charge in [-0.15, -0.1) is 0 Å². The number of hydrogen-bond donors (Lipinski definition) is 2. The minimum atomic E-state index is -0.0901. The molecule has 2 fully saturated rings. The van der Waals surface area contributed by atoms with Crippen molar-refractivity contribution >= 4 is 34.6 Å². The number of hydrogen-bond acceptors (Lipinski definition) is 4. The molecule has 0 unspecified atom stereocenters. The van der Waals surface area contributed by atoms with E-state index in [1.807, 2.05) is 41.3 Å². The molecule has 2 heterocycles. The van der Waals surface area contributed by atoms with Crippen LogP contribution in [0.15, 0.2) is 48.5 Å². The number of amides is 2. The van der Waals surface area contributed by atoms with E-state index >= 15 is 0 Å². The van der Waals surface area contributed by atoms with E-state index in [4.69, 9.17) is 0 Å². The van der Waals surface area contributed by atoms with Crippen LogP contribution < -0.4 is 20.4 Å². The third-order valence-corrected chi connectivity index (χ3v) is 5.33. The first kappa shape index (κ1) is 18.3. The van der Waals surface area contributed by atoms with Crippen molar-refractivity contribution in [1.82, 2.24) is 0 Å². The SMILES string of the molecule is O=C(CNc1ccc(N2CCCC2=O)cc1)Nc1ccc(N2CCCC2)cc1. The van der Waals surface area contributed by atoms with E-state index in [-0.39, 0.29) is 18.4 Å². The molecule has 0 radical (unpaired) electrons. The van der Waals surface area contributed by atoms with Gasteiger partial charge in [0.2, 0.25) is 11.8 Å². The molecule has 0 aromatic heterocycles. The Morgan fingerprint density at radius 2 is 1.46 bits per heavy atom. The molecule has 2 N–H and O–H groups in total. The molecule has 2 aromatic rings. The maximum absolute atomic E-state index is 12.2. The normalized spacial score (nSPS) is 16.5. The number of nitrogens with zero attached hydrogens (tertiary/aromatic N) is 2. The van der Waals surface area contributed by atoms with Gasteiger partial charge in [-0.3, -0.25) is 9.59 Å². The Labute approximate surface area is 165 Å². The first-order valence-corrected chi connectivity index (χ1v) is 9.98. The Balaban J connectivity index is 1.26. The van der Waals surface area contributed by atoms with E-state index in [2.05, 4.69) is 27.7 Å². The summed E-state index contributed by atoms with van der Waals surface area (Å²) in [5, 5.41) is 6.05. The topological polar surface area (TPSA) is 64.7 Å². The molecular weight excluding hydrogens is 352 g/mol. The number of anilines is 4. The summed E-state index contributed by atoms with van der Waals surface area (Å²) in [4.78, 5) is 28.2. The van der Waals surface area contributed by atoms with Crippen molar-refractivity contribution in [2.75, 3.05) is 46.6 Å². The summed E-state index contributed by atoms with van der Waals surface area (Å²) in [7, 11) is 0. The van der Waals surface area contributed by atoms with E-state index in [1.165, 1.54) is 18.5 Å². The quantitative estimate of drug-likeness (QED) is 0.808. The molecule has 0 aliphatic carbocycles. The second-order valence-electron chi connectivity index (χ2n) is 7.34. The van der Waals surface area contributed by atoms with Crippen molar-refractivity contribution in [1.29, 1.82) is 0 Å². The van der Waals surface area contributed by atoms with Crippen molar-refractivity contribution in [3.8, 4) is 0 Å². The van der Waals surface area contributed by atoms with Gasteiger partial charge in [-0.25, -0.2) is 0 Å². The first-order chi connectivity index (χ1) is 13.7. The number of carbonyl (C=O) groups is 2. The molecule has 28 heavy (non-hydrogen) atoms. The van der Waals surface area contributed by atoms with Crippen molar-refractivity contribution in [3.63, 3.8) is 0 Å². The van der Waals surface area contributed by atoms with E-state index in [9.17, 15) is 9.59 Å². The van der Waals surface area contributed by atoms with E-state index in [0.717, 1.165) is 43.1 Å². The fraction of sp³-hybridized carbons (Fsp3) is 0.364. The monoisotopic (exact) mass is 378 g/mol. The van der Waals surface area contributed by atoms with Crippen LogP contribution in [0.5, 0.6) is 0 Å². The van der Waals surface area contributed by atoms with Gasteiger partial charge in [-0.05, 0) is 67.8 Å². The number of nitrogens with one attached hydrogen (secondary N) is 2. The van der Waals surface area contributed by atoms with Gasteiger partial charge in [0, 0.05) is 48.8 Å². The van der Waals surface area contributed by atoms with E-state index < -0.39 is 0 Å². The number of benzene rings is 2. The Kier molecular flexibility index (Phi) is 5.46. The smallest absolute Gasteiger partial charge is 0.243 e. The highest BCUT2D eigenvalue weighted by Gasteiger charge is 2.21. The van der Waals surface area contributed by atoms with Crippen LogP contribution in [-0.2, 0) is 9.59 Å². The molecular formula is C22H26N4O2. The van der Waals surface area contributed by atoms with Gasteiger partial charge in [0.15, 0.2) is 0 Å². The van der Waals surface area contributed by atoms with Crippen LogP contribution in [-0.4, -0.2) is 38.0 Å². The van der Waals surface area contributed by atoms with Crippen LogP contribution in [0, 0.1) is 0 Å². The van der Waals surface area contributed by atoms with Gasteiger partial charge in [0.1, 0.15) is 0 Å². The lowest BCUT2D eigenvalue weighted by Crippen LogP contribution is -2.24. The molecule has 0 bridgehead atoms. The summed E-state index contributed by atoms with van der Waals surface area (Å²) in [6, 6.07) is 15.7. The van der Waals surface area contributed by atoms with Crippen LogP contribution in [0.4, 0.5) is 22.7 Å². The predicted octanol–water partition coefficient (Wildman–Crippen LogP) is 3.46. The van der Waals surface area contributed by atoms with Crippen LogP contribution in [0.1, 0.15) is 25.7 Å².